The maximum atomic E-state index is 11.2. The summed E-state index contributed by atoms with van der Waals surface area (Å²) in [4.78, 5) is 11.0. The van der Waals surface area contributed by atoms with Gasteiger partial charge in [-0.3, -0.25) is 0 Å². The van der Waals surface area contributed by atoms with Crippen molar-refractivity contribution in [3.05, 3.63) is 29.8 Å². The van der Waals surface area contributed by atoms with E-state index in [1.165, 1.54) is 12.1 Å². The van der Waals surface area contributed by atoms with Crippen LogP contribution in [0.4, 0.5) is 0 Å². The average molecular weight is 199 g/mol. The normalized spacial score (nSPS) is 12.5. The Hall–Kier alpha value is -1.04. The third kappa shape index (κ3) is 2.45. The Morgan fingerprint density at radius 3 is 2.85 bits per heavy atom. The van der Waals surface area contributed by atoms with Crippen molar-refractivity contribution >= 4 is 17.3 Å². The molecule has 4 nitrogen and oxygen atoms in total. The highest BCUT2D eigenvalue weighted by molar-refractivity contribution is 7.89. The number of rotatable bonds is 3. The SMILES string of the molecule is CN[S+]([O-])c1cccc(C(=O)O)c1. The second-order valence-electron chi connectivity index (χ2n) is 2.31. The van der Waals surface area contributed by atoms with Crippen molar-refractivity contribution in [2.75, 3.05) is 7.05 Å². The predicted octanol–water partition coefficient (Wildman–Crippen LogP) is 0.627. The minimum absolute atomic E-state index is 0.140. The van der Waals surface area contributed by atoms with Gasteiger partial charge in [0.25, 0.3) is 0 Å². The zero-order valence-electron chi connectivity index (χ0n) is 6.98. The van der Waals surface area contributed by atoms with Gasteiger partial charge in [-0.25, -0.2) is 4.79 Å². The fraction of sp³-hybridized carbons (Fsp3) is 0.125. The number of hydrogen-bond donors (Lipinski definition) is 2. The first-order valence-electron chi connectivity index (χ1n) is 3.57. The van der Waals surface area contributed by atoms with Crippen LogP contribution in [-0.4, -0.2) is 22.7 Å². The quantitative estimate of drug-likeness (QED) is 0.700. The lowest BCUT2D eigenvalue weighted by Gasteiger charge is -2.06. The molecule has 0 radical (unpaired) electrons. The van der Waals surface area contributed by atoms with E-state index in [9.17, 15) is 9.35 Å². The minimum atomic E-state index is -1.33. The summed E-state index contributed by atoms with van der Waals surface area (Å²) in [6.07, 6.45) is 0. The van der Waals surface area contributed by atoms with Crippen molar-refractivity contribution in [2.24, 2.45) is 0 Å². The standard InChI is InChI=1S/C8H9NO3S/c1-9-13(12)7-4-2-3-6(5-7)8(10)11/h2-5,9H,1H3,(H,10,11). The molecule has 0 amide bonds. The summed E-state index contributed by atoms with van der Waals surface area (Å²) in [6, 6.07) is 6.01. The van der Waals surface area contributed by atoms with Crippen molar-refractivity contribution < 1.29 is 14.5 Å². The van der Waals surface area contributed by atoms with Gasteiger partial charge >= 0.3 is 5.97 Å². The highest BCUT2D eigenvalue weighted by Gasteiger charge is 2.11. The van der Waals surface area contributed by atoms with Crippen LogP contribution in [0.2, 0.25) is 0 Å². The molecule has 0 aliphatic heterocycles. The topological polar surface area (TPSA) is 72.4 Å². The van der Waals surface area contributed by atoms with Crippen molar-refractivity contribution in [1.29, 1.82) is 0 Å². The molecule has 0 aliphatic carbocycles. The number of benzene rings is 1. The molecule has 2 N–H and O–H groups in total. The second-order valence-corrected chi connectivity index (χ2v) is 3.72. The van der Waals surface area contributed by atoms with E-state index in [-0.39, 0.29) is 5.56 Å². The third-order valence-corrected chi connectivity index (χ3v) is 2.53. The lowest BCUT2D eigenvalue weighted by molar-refractivity contribution is 0.0696. The molecule has 1 aromatic carbocycles. The number of aromatic carboxylic acids is 1. The van der Waals surface area contributed by atoms with Crippen LogP contribution in [0.25, 0.3) is 0 Å². The van der Waals surface area contributed by atoms with E-state index < -0.39 is 17.3 Å². The van der Waals surface area contributed by atoms with E-state index >= 15 is 0 Å². The molecule has 1 atom stereocenters. The first-order chi connectivity index (χ1) is 6.15. The first kappa shape index (κ1) is 10.0. The van der Waals surface area contributed by atoms with Gasteiger partial charge in [-0.15, -0.1) is 4.72 Å². The molecule has 13 heavy (non-hydrogen) atoms. The molecule has 0 saturated heterocycles. The molecule has 0 spiro atoms. The van der Waals surface area contributed by atoms with Crippen molar-refractivity contribution in [3.63, 3.8) is 0 Å². The summed E-state index contributed by atoms with van der Waals surface area (Å²) in [5.41, 5.74) is 0.140. The fourth-order valence-corrected chi connectivity index (χ4v) is 1.53. The van der Waals surface area contributed by atoms with Gasteiger partial charge in [0.2, 0.25) is 0 Å². The molecule has 5 heteroatoms. The maximum absolute atomic E-state index is 11.2. The van der Waals surface area contributed by atoms with Crippen molar-refractivity contribution in [2.45, 2.75) is 4.90 Å². The summed E-state index contributed by atoms with van der Waals surface area (Å²) in [6.45, 7) is 0. The number of hydrogen-bond acceptors (Lipinski definition) is 3. The second kappa shape index (κ2) is 4.27. The van der Waals surface area contributed by atoms with Crippen molar-refractivity contribution in [1.82, 2.24) is 4.72 Å². The molecule has 0 fully saturated rings. The van der Waals surface area contributed by atoms with Gasteiger partial charge in [-0.05, 0) is 12.1 Å². The smallest absolute Gasteiger partial charge is 0.335 e. The molecule has 0 aliphatic rings. The molecule has 1 unspecified atom stereocenters. The van der Waals surface area contributed by atoms with E-state index in [1.807, 2.05) is 0 Å². The average Bonchev–Trinajstić information content (AvgIpc) is 2.17. The van der Waals surface area contributed by atoms with Gasteiger partial charge in [0.1, 0.15) is 0 Å². The summed E-state index contributed by atoms with van der Waals surface area (Å²) in [5, 5.41) is 8.64. The van der Waals surface area contributed by atoms with E-state index in [0.29, 0.717) is 4.90 Å². The van der Waals surface area contributed by atoms with Crippen LogP contribution in [0.15, 0.2) is 29.2 Å². The molecule has 0 heterocycles. The summed E-state index contributed by atoms with van der Waals surface area (Å²) in [5.74, 6) is -1.02. The Labute approximate surface area is 78.9 Å². The lowest BCUT2D eigenvalue weighted by atomic mass is 10.2. The van der Waals surface area contributed by atoms with E-state index in [1.54, 1.807) is 19.2 Å². The fourth-order valence-electron chi connectivity index (χ4n) is 0.862. The number of nitrogens with one attached hydrogen (secondary N) is 1. The third-order valence-electron chi connectivity index (χ3n) is 1.48. The van der Waals surface area contributed by atoms with E-state index in [2.05, 4.69) is 4.72 Å². The van der Waals surface area contributed by atoms with Gasteiger partial charge < -0.3 is 9.66 Å². The highest BCUT2D eigenvalue weighted by atomic mass is 32.2. The van der Waals surface area contributed by atoms with Crippen LogP contribution in [0, 0.1) is 0 Å². The molecule has 70 valence electrons. The molecule has 1 aromatic rings. The Kier molecular flexibility index (Phi) is 3.30. The van der Waals surface area contributed by atoms with Crippen LogP contribution in [-0.2, 0) is 11.4 Å². The highest BCUT2D eigenvalue weighted by Crippen LogP contribution is 2.10. The monoisotopic (exact) mass is 199 g/mol. The lowest BCUT2D eigenvalue weighted by Crippen LogP contribution is -2.18. The Morgan fingerprint density at radius 2 is 2.31 bits per heavy atom. The molecular formula is C8H9NO3S. The van der Waals surface area contributed by atoms with Gasteiger partial charge in [0.05, 0.1) is 16.9 Å². The first-order valence-corrected chi connectivity index (χ1v) is 4.72. The van der Waals surface area contributed by atoms with Gasteiger partial charge in [-0.1, -0.05) is 6.07 Å². The molecule has 0 saturated carbocycles. The van der Waals surface area contributed by atoms with Crippen LogP contribution in [0.5, 0.6) is 0 Å². The summed E-state index contributed by atoms with van der Waals surface area (Å²) >= 11 is -1.33. The van der Waals surface area contributed by atoms with Crippen LogP contribution < -0.4 is 4.72 Å². The Morgan fingerprint density at radius 1 is 1.62 bits per heavy atom. The van der Waals surface area contributed by atoms with Crippen molar-refractivity contribution in [3.8, 4) is 0 Å². The Bertz CT molecular complexity index is 316. The molecule has 1 rings (SSSR count). The van der Waals surface area contributed by atoms with Crippen LogP contribution in [0.3, 0.4) is 0 Å². The van der Waals surface area contributed by atoms with Gasteiger partial charge in [-0.2, -0.15) is 0 Å². The zero-order chi connectivity index (χ0) is 9.84. The van der Waals surface area contributed by atoms with E-state index in [0.717, 1.165) is 0 Å². The van der Waals surface area contributed by atoms with E-state index in [4.69, 9.17) is 5.11 Å². The Balaban J connectivity index is 2.98. The summed E-state index contributed by atoms with van der Waals surface area (Å²) in [7, 11) is 1.55. The largest absolute Gasteiger partial charge is 0.593 e. The van der Waals surface area contributed by atoms with Crippen LogP contribution in [0.1, 0.15) is 10.4 Å². The zero-order valence-corrected chi connectivity index (χ0v) is 7.80. The number of carboxylic acids is 1. The van der Waals surface area contributed by atoms with Gasteiger partial charge in [0, 0.05) is 13.1 Å². The molecule has 0 aromatic heterocycles. The summed E-state index contributed by atoms with van der Waals surface area (Å²) < 4.78 is 13.7. The predicted molar refractivity (Wildman–Crippen MR) is 48.9 cm³/mol. The molecule has 0 bridgehead atoms. The minimum Gasteiger partial charge on any atom is -0.593 e. The number of carboxylic acid groups (broad SMARTS) is 1. The van der Waals surface area contributed by atoms with Gasteiger partial charge in [0.15, 0.2) is 4.90 Å². The van der Waals surface area contributed by atoms with Crippen LogP contribution >= 0.6 is 0 Å². The number of carbonyl (C=O) groups is 1. The molecular weight excluding hydrogens is 190 g/mol. The maximum Gasteiger partial charge on any atom is 0.335 e.